The number of carbonyl (C=O) groups is 1. The molecule has 1 aliphatic rings. The van der Waals surface area contributed by atoms with Gasteiger partial charge in [-0.15, -0.1) is 0 Å². The van der Waals surface area contributed by atoms with E-state index >= 15 is 0 Å². The molecule has 0 N–H and O–H groups in total. The predicted molar refractivity (Wildman–Crippen MR) is 91.4 cm³/mol. The van der Waals surface area contributed by atoms with Crippen LogP contribution in [0.1, 0.15) is 80.6 Å². The first-order chi connectivity index (χ1) is 10.7. The molecule has 2 heteroatoms. The molecule has 0 spiro atoms. The lowest BCUT2D eigenvalue weighted by atomic mass is 9.95. The first-order valence-electron chi connectivity index (χ1n) is 8.94. The summed E-state index contributed by atoms with van der Waals surface area (Å²) in [7, 11) is 0. The average molecular weight is 302 g/mol. The van der Waals surface area contributed by atoms with E-state index in [1.54, 1.807) is 0 Å². The standard InChI is InChI=1S/C20H30O2/c1-3-4-5-6-8-18-9-7-10-19(22-18)15-20(21)17-13-11-16(2)12-14-17/h11-14,18-19H,3-10,15H2,1-2H3/t18-,19-/m1/s1. The maximum absolute atomic E-state index is 12.4. The first kappa shape index (κ1) is 17.2. The Balaban J connectivity index is 1.77. The zero-order valence-corrected chi connectivity index (χ0v) is 14.1. The summed E-state index contributed by atoms with van der Waals surface area (Å²) in [6.07, 6.45) is 10.8. The fourth-order valence-corrected chi connectivity index (χ4v) is 3.21. The molecule has 0 aliphatic carbocycles. The molecule has 0 radical (unpaired) electrons. The van der Waals surface area contributed by atoms with E-state index in [2.05, 4.69) is 6.92 Å². The summed E-state index contributed by atoms with van der Waals surface area (Å²) in [6, 6.07) is 7.88. The number of ether oxygens (including phenoxy) is 1. The zero-order chi connectivity index (χ0) is 15.8. The Morgan fingerprint density at radius 3 is 2.55 bits per heavy atom. The fourth-order valence-electron chi connectivity index (χ4n) is 3.21. The highest BCUT2D eigenvalue weighted by Crippen LogP contribution is 2.26. The van der Waals surface area contributed by atoms with Gasteiger partial charge in [0.05, 0.1) is 12.2 Å². The maximum Gasteiger partial charge on any atom is 0.165 e. The molecule has 2 rings (SSSR count). The van der Waals surface area contributed by atoms with Gasteiger partial charge in [0.15, 0.2) is 5.78 Å². The van der Waals surface area contributed by atoms with Crippen LogP contribution in [0.2, 0.25) is 0 Å². The highest BCUT2D eigenvalue weighted by atomic mass is 16.5. The number of hydrogen-bond acceptors (Lipinski definition) is 2. The lowest BCUT2D eigenvalue weighted by Gasteiger charge is -2.30. The number of carbonyl (C=O) groups excluding carboxylic acids is 1. The summed E-state index contributed by atoms with van der Waals surface area (Å²) in [6.45, 7) is 4.28. The summed E-state index contributed by atoms with van der Waals surface area (Å²) >= 11 is 0. The van der Waals surface area contributed by atoms with E-state index in [9.17, 15) is 4.79 Å². The van der Waals surface area contributed by atoms with Gasteiger partial charge < -0.3 is 4.74 Å². The molecule has 0 amide bonds. The van der Waals surface area contributed by atoms with Crippen LogP contribution in [0.4, 0.5) is 0 Å². The molecule has 1 heterocycles. The van der Waals surface area contributed by atoms with Crippen molar-refractivity contribution in [3.05, 3.63) is 35.4 Å². The van der Waals surface area contributed by atoms with Gasteiger partial charge in [0, 0.05) is 12.0 Å². The lowest BCUT2D eigenvalue weighted by molar-refractivity contribution is -0.0531. The van der Waals surface area contributed by atoms with Crippen LogP contribution in [0.3, 0.4) is 0 Å². The fraction of sp³-hybridized carbons (Fsp3) is 0.650. The third-order valence-corrected chi connectivity index (χ3v) is 4.60. The second kappa shape index (κ2) is 9.09. The van der Waals surface area contributed by atoms with Crippen LogP contribution in [0.15, 0.2) is 24.3 Å². The topological polar surface area (TPSA) is 26.3 Å². The van der Waals surface area contributed by atoms with E-state index in [-0.39, 0.29) is 11.9 Å². The van der Waals surface area contributed by atoms with Gasteiger partial charge in [-0.1, -0.05) is 62.4 Å². The van der Waals surface area contributed by atoms with Crippen molar-refractivity contribution in [2.75, 3.05) is 0 Å². The van der Waals surface area contributed by atoms with Crippen LogP contribution in [0.25, 0.3) is 0 Å². The predicted octanol–water partition coefficient (Wildman–Crippen LogP) is 5.48. The van der Waals surface area contributed by atoms with Crippen molar-refractivity contribution in [2.24, 2.45) is 0 Å². The van der Waals surface area contributed by atoms with Crippen molar-refractivity contribution in [1.82, 2.24) is 0 Å². The highest BCUT2D eigenvalue weighted by molar-refractivity contribution is 5.96. The van der Waals surface area contributed by atoms with Crippen molar-refractivity contribution in [1.29, 1.82) is 0 Å². The Morgan fingerprint density at radius 2 is 1.82 bits per heavy atom. The van der Waals surface area contributed by atoms with Gasteiger partial charge >= 0.3 is 0 Å². The maximum atomic E-state index is 12.4. The number of ketones is 1. The number of benzene rings is 1. The summed E-state index contributed by atoms with van der Waals surface area (Å²) in [5.41, 5.74) is 2.01. The van der Waals surface area contributed by atoms with E-state index in [1.807, 2.05) is 31.2 Å². The third-order valence-electron chi connectivity index (χ3n) is 4.60. The van der Waals surface area contributed by atoms with E-state index in [1.165, 1.54) is 44.1 Å². The molecule has 1 fully saturated rings. The number of Topliss-reactive ketones (excluding diaryl/α,β-unsaturated/α-hetero) is 1. The van der Waals surface area contributed by atoms with Crippen LogP contribution in [-0.4, -0.2) is 18.0 Å². The van der Waals surface area contributed by atoms with Crippen molar-refractivity contribution in [3.8, 4) is 0 Å². The van der Waals surface area contributed by atoms with Crippen LogP contribution in [-0.2, 0) is 4.74 Å². The van der Waals surface area contributed by atoms with Crippen molar-refractivity contribution >= 4 is 5.78 Å². The van der Waals surface area contributed by atoms with Crippen LogP contribution in [0, 0.1) is 6.92 Å². The molecular formula is C20H30O2. The summed E-state index contributed by atoms with van der Waals surface area (Å²) < 4.78 is 6.16. The molecule has 2 atom stereocenters. The second-order valence-electron chi connectivity index (χ2n) is 6.65. The Kier molecular flexibility index (Phi) is 7.11. The van der Waals surface area contributed by atoms with E-state index in [0.717, 1.165) is 18.4 Å². The van der Waals surface area contributed by atoms with Gasteiger partial charge in [-0.05, 0) is 32.6 Å². The normalized spacial score (nSPS) is 21.7. The van der Waals surface area contributed by atoms with Crippen LogP contribution >= 0.6 is 0 Å². The van der Waals surface area contributed by atoms with Gasteiger partial charge in [-0.3, -0.25) is 4.79 Å². The lowest BCUT2D eigenvalue weighted by Crippen LogP contribution is -2.29. The Bertz CT molecular complexity index is 449. The number of rotatable bonds is 8. The van der Waals surface area contributed by atoms with Crippen LogP contribution < -0.4 is 0 Å². The minimum Gasteiger partial charge on any atom is -0.375 e. The van der Waals surface area contributed by atoms with Gasteiger partial charge in [0.25, 0.3) is 0 Å². The minimum atomic E-state index is 0.124. The number of hydrogen-bond donors (Lipinski definition) is 0. The van der Waals surface area contributed by atoms with Crippen molar-refractivity contribution in [3.63, 3.8) is 0 Å². The second-order valence-corrected chi connectivity index (χ2v) is 6.65. The Hall–Kier alpha value is -1.15. The highest BCUT2D eigenvalue weighted by Gasteiger charge is 2.24. The Morgan fingerprint density at radius 1 is 1.09 bits per heavy atom. The number of aryl methyl sites for hydroxylation is 1. The molecule has 1 aromatic carbocycles. The molecule has 1 saturated heterocycles. The monoisotopic (exact) mass is 302 g/mol. The van der Waals surface area contributed by atoms with E-state index in [4.69, 9.17) is 4.74 Å². The minimum absolute atomic E-state index is 0.124. The summed E-state index contributed by atoms with van der Waals surface area (Å²) in [5, 5.41) is 0. The van der Waals surface area contributed by atoms with Gasteiger partial charge in [0.2, 0.25) is 0 Å². The molecule has 0 unspecified atom stereocenters. The van der Waals surface area contributed by atoms with Crippen molar-refractivity contribution in [2.45, 2.75) is 83.8 Å². The van der Waals surface area contributed by atoms with Gasteiger partial charge in [-0.2, -0.15) is 0 Å². The smallest absolute Gasteiger partial charge is 0.165 e. The van der Waals surface area contributed by atoms with Crippen molar-refractivity contribution < 1.29 is 9.53 Å². The van der Waals surface area contributed by atoms with Gasteiger partial charge in [-0.25, -0.2) is 0 Å². The summed E-state index contributed by atoms with van der Waals surface area (Å²) in [5.74, 6) is 0.219. The zero-order valence-electron chi connectivity index (χ0n) is 14.1. The quantitative estimate of drug-likeness (QED) is 0.470. The average Bonchev–Trinajstić information content (AvgIpc) is 2.52. The molecule has 2 nitrogen and oxygen atoms in total. The SMILES string of the molecule is CCCCCC[C@@H]1CCC[C@H](CC(=O)c2ccc(C)cc2)O1. The molecule has 1 aromatic rings. The first-order valence-corrected chi connectivity index (χ1v) is 8.94. The summed E-state index contributed by atoms with van der Waals surface area (Å²) in [4.78, 5) is 12.4. The molecule has 0 saturated carbocycles. The molecule has 0 bridgehead atoms. The Labute approximate surface area is 135 Å². The molecule has 1 aliphatic heterocycles. The van der Waals surface area contributed by atoms with Gasteiger partial charge in [0.1, 0.15) is 0 Å². The van der Waals surface area contributed by atoms with E-state index in [0.29, 0.717) is 12.5 Å². The molecular weight excluding hydrogens is 272 g/mol. The number of unbranched alkanes of at least 4 members (excludes halogenated alkanes) is 3. The molecule has 0 aromatic heterocycles. The molecule has 22 heavy (non-hydrogen) atoms. The van der Waals surface area contributed by atoms with Crippen LogP contribution in [0.5, 0.6) is 0 Å². The van der Waals surface area contributed by atoms with E-state index < -0.39 is 0 Å². The third kappa shape index (κ3) is 5.57. The molecule has 122 valence electrons. The largest absolute Gasteiger partial charge is 0.375 e.